The van der Waals surface area contributed by atoms with Gasteiger partial charge in [0.15, 0.2) is 0 Å². The molecule has 0 radical (unpaired) electrons. The topological polar surface area (TPSA) is 73.8 Å². The fourth-order valence-corrected chi connectivity index (χ4v) is 3.67. The van der Waals surface area contributed by atoms with E-state index in [1.165, 1.54) is 19.0 Å². The van der Waals surface area contributed by atoms with E-state index in [9.17, 15) is 4.79 Å². The minimum absolute atomic E-state index is 0.0487. The predicted octanol–water partition coefficient (Wildman–Crippen LogP) is 1.67. The standard InChI is InChI=1S/C18H25N3O4/c1-23-13-4-5-16-15(8-13)21(6-7-24-16)18(22)14-9-20-17(10-19-14)25-11-12-2-3-12/h9-10,12-13,15-16H,2-8,11H2,1H3/t13-,15+,16+/m1/s1. The zero-order chi connectivity index (χ0) is 17.2. The van der Waals surface area contributed by atoms with E-state index in [0.717, 1.165) is 19.3 Å². The number of morpholine rings is 1. The maximum atomic E-state index is 12.9. The minimum atomic E-state index is -0.0868. The summed E-state index contributed by atoms with van der Waals surface area (Å²) in [5.74, 6) is 1.06. The van der Waals surface area contributed by atoms with Gasteiger partial charge in [0.2, 0.25) is 5.88 Å². The normalized spacial score (nSPS) is 29.2. The van der Waals surface area contributed by atoms with Crippen LogP contribution in [0.25, 0.3) is 0 Å². The van der Waals surface area contributed by atoms with Gasteiger partial charge < -0.3 is 19.1 Å². The zero-order valence-corrected chi connectivity index (χ0v) is 14.6. The number of ether oxygens (including phenoxy) is 3. The Labute approximate surface area is 147 Å². The molecule has 0 N–H and O–H groups in total. The molecule has 7 nitrogen and oxygen atoms in total. The highest BCUT2D eigenvalue weighted by Gasteiger charge is 2.40. The average Bonchev–Trinajstić information content (AvgIpc) is 3.50. The van der Waals surface area contributed by atoms with E-state index in [-0.39, 0.29) is 24.2 Å². The van der Waals surface area contributed by atoms with Crippen LogP contribution in [0.4, 0.5) is 0 Å². The van der Waals surface area contributed by atoms with Crippen LogP contribution >= 0.6 is 0 Å². The molecule has 1 aliphatic heterocycles. The largest absolute Gasteiger partial charge is 0.476 e. The molecule has 0 aromatic carbocycles. The number of nitrogens with zero attached hydrogens (tertiary/aromatic N) is 3. The van der Waals surface area contributed by atoms with E-state index in [4.69, 9.17) is 14.2 Å². The molecule has 7 heteroatoms. The molecule has 136 valence electrons. The highest BCUT2D eigenvalue weighted by atomic mass is 16.5. The van der Waals surface area contributed by atoms with E-state index in [1.807, 2.05) is 4.90 Å². The number of hydrogen-bond acceptors (Lipinski definition) is 6. The molecule has 25 heavy (non-hydrogen) atoms. The van der Waals surface area contributed by atoms with Gasteiger partial charge >= 0.3 is 0 Å². The SMILES string of the molecule is CO[C@@H]1CC[C@@H]2OCCN(C(=O)c3cnc(OCC4CC4)cn3)[C@H]2C1. The van der Waals surface area contributed by atoms with Crippen LogP contribution in [0.15, 0.2) is 12.4 Å². The first-order chi connectivity index (χ1) is 12.2. The van der Waals surface area contributed by atoms with Crippen molar-refractivity contribution in [2.24, 2.45) is 5.92 Å². The van der Waals surface area contributed by atoms with E-state index >= 15 is 0 Å². The van der Waals surface area contributed by atoms with Crippen LogP contribution in [-0.4, -0.2) is 65.9 Å². The van der Waals surface area contributed by atoms with Crippen molar-refractivity contribution in [1.82, 2.24) is 14.9 Å². The zero-order valence-electron chi connectivity index (χ0n) is 14.6. The summed E-state index contributed by atoms with van der Waals surface area (Å²) in [6.45, 7) is 1.84. The van der Waals surface area contributed by atoms with E-state index in [0.29, 0.717) is 37.3 Å². The lowest BCUT2D eigenvalue weighted by Crippen LogP contribution is -2.57. The molecular weight excluding hydrogens is 322 g/mol. The number of methoxy groups -OCH3 is 1. The summed E-state index contributed by atoms with van der Waals surface area (Å²) in [6.07, 6.45) is 8.51. The van der Waals surface area contributed by atoms with Gasteiger partial charge in [0.05, 0.1) is 43.9 Å². The second-order valence-electron chi connectivity index (χ2n) is 7.14. The smallest absolute Gasteiger partial charge is 0.274 e. The molecule has 1 amide bonds. The fraction of sp³-hybridized carbons (Fsp3) is 0.722. The number of amides is 1. The van der Waals surface area contributed by atoms with Gasteiger partial charge in [-0.1, -0.05) is 0 Å². The van der Waals surface area contributed by atoms with Crippen molar-refractivity contribution in [2.75, 3.05) is 26.9 Å². The molecule has 4 rings (SSSR count). The Kier molecular flexibility index (Phi) is 4.85. The molecule has 2 aliphatic carbocycles. The molecule has 2 saturated carbocycles. The molecule has 3 aliphatic rings. The number of carbonyl (C=O) groups excluding carboxylic acids is 1. The van der Waals surface area contributed by atoms with Crippen molar-refractivity contribution in [3.05, 3.63) is 18.1 Å². The van der Waals surface area contributed by atoms with Crippen LogP contribution in [0, 0.1) is 5.92 Å². The summed E-state index contributed by atoms with van der Waals surface area (Å²) < 4.78 is 17.0. The molecular formula is C18H25N3O4. The average molecular weight is 347 g/mol. The Bertz CT molecular complexity index is 605. The highest BCUT2D eigenvalue weighted by Crippen LogP contribution is 2.31. The summed E-state index contributed by atoms with van der Waals surface area (Å²) in [5.41, 5.74) is 0.360. The van der Waals surface area contributed by atoms with Gasteiger partial charge in [-0.25, -0.2) is 9.97 Å². The summed E-state index contributed by atoms with van der Waals surface area (Å²) in [7, 11) is 1.73. The van der Waals surface area contributed by atoms with Crippen LogP contribution < -0.4 is 4.74 Å². The number of aromatic nitrogens is 2. The third-order valence-electron chi connectivity index (χ3n) is 5.38. The van der Waals surface area contributed by atoms with Crippen molar-refractivity contribution in [1.29, 1.82) is 0 Å². The summed E-state index contributed by atoms with van der Waals surface area (Å²) in [4.78, 5) is 23.3. The van der Waals surface area contributed by atoms with Crippen molar-refractivity contribution in [3.8, 4) is 5.88 Å². The number of fused-ring (bicyclic) bond motifs is 1. The van der Waals surface area contributed by atoms with Crippen LogP contribution in [0.2, 0.25) is 0 Å². The number of rotatable bonds is 5. The van der Waals surface area contributed by atoms with Gasteiger partial charge in [0.25, 0.3) is 5.91 Å². The van der Waals surface area contributed by atoms with Crippen molar-refractivity contribution >= 4 is 5.91 Å². The number of carbonyl (C=O) groups is 1. The Morgan fingerprint density at radius 1 is 1.28 bits per heavy atom. The van der Waals surface area contributed by atoms with Gasteiger partial charge in [-0.15, -0.1) is 0 Å². The molecule has 1 saturated heterocycles. The lowest BCUT2D eigenvalue weighted by atomic mass is 9.88. The lowest BCUT2D eigenvalue weighted by Gasteiger charge is -2.45. The summed E-state index contributed by atoms with van der Waals surface area (Å²) >= 11 is 0. The first-order valence-corrected chi connectivity index (χ1v) is 9.15. The van der Waals surface area contributed by atoms with E-state index in [2.05, 4.69) is 9.97 Å². The van der Waals surface area contributed by atoms with Crippen molar-refractivity contribution in [3.63, 3.8) is 0 Å². The maximum Gasteiger partial charge on any atom is 0.274 e. The predicted molar refractivity (Wildman–Crippen MR) is 89.5 cm³/mol. The number of hydrogen-bond donors (Lipinski definition) is 0. The van der Waals surface area contributed by atoms with Gasteiger partial charge in [0, 0.05) is 13.7 Å². The molecule has 0 unspecified atom stereocenters. The Morgan fingerprint density at radius 3 is 2.88 bits per heavy atom. The van der Waals surface area contributed by atoms with Crippen LogP contribution in [0.1, 0.15) is 42.6 Å². The molecule has 0 spiro atoms. The van der Waals surface area contributed by atoms with Gasteiger partial charge in [0.1, 0.15) is 5.69 Å². The second-order valence-corrected chi connectivity index (χ2v) is 7.14. The van der Waals surface area contributed by atoms with E-state index in [1.54, 1.807) is 13.3 Å². The molecule has 1 aromatic heterocycles. The third-order valence-corrected chi connectivity index (χ3v) is 5.38. The summed E-state index contributed by atoms with van der Waals surface area (Å²) in [6, 6.07) is 0.0487. The van der Waals surface area contributed by atoms with Gasteiger partial charge in [-0.05, 0) is 38.0 Å². The fourth-order valence-electron chi connectivity index (χ4n) is 3.67. The van der Waals surface area contributed by atoms with Crippen molar-refractivity contribution in [2.45, 2.75) is 50.4 Å². The monoisotopic (exact) mass is 347 g/mol. The van der Waals surface area contributed by atoms with Crippen LogP contribution in [0.5, 0.6) is 5.88 Å². The Hall–Kier alpha value is -1.73. The van der Waals surface area contributed by atoms with Crippen LogP contribution in [-0.2, 0) is 9.47 Å². The quantitative estimate of drug-likeness (QED) is 0.807. The third kappa shape index (κ3) is 3.77. The first-order valence-electron chi connectivity index (χ1n) is 9.15. The van der Waals surface area contributed by atoms with Gasteiger partial charge in [-0.3, -0.25) is 4.79 Å². The molecule has 3 atom stereocenters. The molecule has 1 aromatic rings. The second kappa shape index (κ2) is 7.25. The molecule has 2 heterocycles. The Balaban J connectivity index is 1.43. The molecule has 0 bridgehead atoms. The summed E-state index contributed by atoms with van der Waals surface area (Å²) in [5, 5.41) is 0. The lowest BCUT2D eigenvalue weighted by molar-refractivity contribution is -0.101. The minimum Gasteiger partial charge on any atom is -0.476 e. The maximum absolute atomic E-state index is 12.9. The van der Waals surface area contributed by atoms with E-state index < -0.39 is 0 Å². The van der Waals surface area contributed by atoms with Crippen molar-refractivity contribution < 1.29 is 19.0 Å². The Morgan fingerprint density at radius 2 is 2.16 bits per heavy atom. The first kappa shape index (κ1) is 16.7. The van der Waals surface area contributed by atoms with Crippen LogP contribution in [0.3, 0.4) is 0 Å². The highest BCUT2D eigenvalue weighted by molar-refractivity contribution is 5.92. The van der Waals surface area contributed by atoms with Gasteiger partial charge in [-0.2, -0.15) is 0 Å². The molecule has 3 fully saturated rings.